The molecule has 11 nitrogen and oxygen atoms in total. The van der Waals surface area contributed by atoms with Crippen molar-refractivity contribution >= 4 is 33.0 Å². The second kappa shape index (κ2) is 13.3. The van der Waals surface area contributed by atoms with Crippen molar-refractivity contribution in [1.29, 1.82) is 0 Å². The maximum Gasteiger partial charge on any atom is 0.420 e. The predicted molar refractivity (Wildman–Crippen MR) is 187 cm³/mol. The average molecular weight is 739 g/mol. The van der Waals surface area contributed by atoms with Crippen molar-refractivity contribution in [2.75, 3.05) is 24.5 Å². The van der Waals surface area contributed by atoms with E-state index >= 15 is 8.78 Å². The van der Waals surface area contributed by atoms with Crippen LogP contribution in [-0.2, 0) is 27.0 Å². The molecule has 3 aromatic carbocycles. The van der Waals surface area contributed by atoms with Crippen molar-refractivity contribution in [3.8, 4) is 5.75 Å². The first-order valence-electron chi connectivity index (χ1n) is 16.3. The van der Waals surface area contributed by atoms with Crippen LogP contribution in [0.5, 0.6) is 5.75 Å². The Hall–Kier alpha value is -5.31. The van der Waals surface area contributed by atoms with Gasteiger partial charge in [0.15, 0.2) is 11.3 Å². The van der Waals surface area contributed by atoms with E-state index < -0.39 is 55.8 Å². The largest absolute Gasteiger partial charge is 0.497 e. The van der Waals surface area contributed by atoms with E-state index in [1.807, 2.05) is 0 Å². The molecule has 0 N–H and O–H groups in total. The van der Waals surface area contributed by atoms with Crippen LogP contribution in [0, 0.1) is 18.7 Å². The number of aromatic nitrogens is 2. The lowest BCUT2D eigenvalue weighted by atomic mass is 9.83. The van der Waals surface area contributed by atoms with Gasteiger partial charge < -0.3 is 18.8 Å². The smallest absolute Gasteiger partial charge is 0.420 e. The Morgan fingerprint density at radius 1 is 1.06 bits per heavy atom. The molecule has 5 aromatic rings. The first-order valence-corrected chi connectivity index (χ1v) is 17.8. The first-order chi connectivity index (χ1) is 24.4. The van der Waals surface area contributed by atoms with E-state index in [0.29, 0.717) is 22.4 Å². The van der Waals surface area contributed by atoms with E-state index in [4.69, 9.17) is 13.9 Å². The van der Waals surface area contributed by atoms with Crippen LogP contribution in [0.15, 0.2) is 86.9 Å². The number of amides is 1. The predicted octanol–water partition coefficient (Wildman–Crippen LogP) is 7.01. The van der Waals surface area contributed by atoms with Crippen molar-refractivity contribution in [2.24, 2.45) is 0 Å². The van der Waals surface area contributed by atoms with Crippen molar-refractivity contribution in [3.63, 3.8) is 0 Å². The minimum absolute atomic E-state index is 0.0814. The number of carbonyl (C=O) groups excluding carboxylic acids is 1. The number of halogens is 3. The molecule has 0 aliphatic carbocycles. The number of methoxy groups -OCH3 is 1. The van der Waals surface area contributed by atoms with Crippen LogP contribution in [0.1, 0.15) is 56.0 Å². The first kappa shape index (κ1) is 36.5. The van der Waals surface area contributed by atoms with Gasteiger partial charge in [-0.1, -0.05) is 36.4 Å². The molecule has 0 bridgehead atoms. The zero-order chi connectivity index (χ0) is 37.7. The molecule has 0 radical (unpaired) electrons. The lowest BCUT2D eigenvalue weighted by Crippen LogP contribution is -2.60. The van der Waals surface area contributed by atoms with Gasteiger partial charge in [-0.05, 0) is 81.1 Å². The number of carbonyl (C=O) groups is 1. The van der Waals surface area contributed by atoms with E-state index in [2.05, 4.69) is 4.98 Å². The normalized spacial score (nSPS) is 14.9. The summed E-state index contributed by atoms with van der Waals surface area (Å²) in [6.45, 7) is 7.54. The van der Waals surface area contributed by atoms with Gasteiger partial charge in [-0.3, -0.25) is 4.57 Å². The van der Waals surface area contributed by atoms with Gasteiger partial charge in [0, 0.05) is 12.1 Å². The number of alkyl halides is 1. The minimum atomic E-state index is -4.81. The molecule has 3 heterocycles. The second-order valence-corrected chi connectivity index (χ2v) is 15.5. The summed E-state index contributed by atoms with van der Waals surface area (Å²) in [4.78, 5) is 30.0. The van der Waals surface area contributed by atoms with Crippen LogP contribution in [0.2, 0.25) is 0 Å². The van der Waals surface area contributed by atoms with Crippen molar-refractivity contribution < 1.29 is 40.3 Å². The number of pyridine rings is 1. The molecule has 6 rings (SSSR count). The Balaban J connectivity index is 1.37. The molecule has 1 atom stereocenters. The van der Waals surface area contributed by atoms with Crippen molar-refractivity contribution in [2.45, 2.75) is 63.4 Å². The second-order valence-electron chi connectivity index (χ2n) is 13.7. The zero-order valence-electron chi connectivity index (χ0n) is 29.3. The summed E-state index contributed by atoms with van der Waals surface area (Å²) in [6.07, 6.45) is -0.657. The fraction of sp³-hybridized carbons (Fsp3) is 0.324. The van der Waals surface area contributed by atoms with Crippen LogP contribution < -0.4 is 14.8 Å². The number of sulfonamides is 1. The Morgan fingerprint density at radius 3 is 2.42 bits per heavy atom. The topological polar surface area (TPSA) is 124 Å². The van der Waals surface area contributed by atoms with Crippen LogP contribution in [0.25, 0.3) is 11.1 Å². The van der Waals surface area contributed by atoms with Crippen molar-refractivity contribution in [3.05, 3.63) is 117 Å². The van der Waals surface area contributed by atoms with E-state index in [1.54, 1.807) is 77.1 Å². The molecule has 0 spiro atoms. The summed E-state index contributed by atoms with van der Waals surface area (Å²) in [5.41, 5.74) is -1.32. The Morgan fingerprint density at radius 2 is 1.77 bits per heavy atom. The number of nitrogens with zero attached hydrogens (tertiary/aromatic N) is 4. The lowest BCUT2D eigenvalue weighted by Gasteiger charge is -2.45. The molecule has 1 aliphatic rings. The standard InChI is InChI=1S/C37H37F3N4O7S/c1-22-16-25(49-6)15-14-24(22)19-43(33-13-9-12-32(39)41-33)52(47,48)31-18-30-29(17-28(31)38)44(35(46)50-30)23(2)26-10-7-8-11-27(26)37(40)20-42(21-37)34(45)51-36(3,4)5/h7-18,23H,19-21H2,1-6H3/t23-/m1/s1. The highest BCUT2D eigenvalue weighted by molar-refractivity contribution is 7.92. The number of hydrogen-bond donors (Lipinski definition) is 0. The van der Waals surface area contributed by atoms with Crippen molar-refractivity contribution in [1.82, 2.24) is 14.5 Å². The summed E-state index contributed by atoms with van der Waals surface area (Å²) in [5.74, 6) is -2.89. The maximum absolute atomic E-state index is 16.3. The van der Waals surface area contributed by atoms with Gasteiger partial charge in [-0.25, -0.2) is 36.1 Å². The highest BCUT2D eigenvalue weighted by Crippen LogP contribution is 2.41. The lowest BCUT2D eigenvalue weighted by molar-refractivity contribution is -0.0542. The molecule has 0 saturated carbocycles. The van der Waals surface area contributed by atoms with Crippen LogP contribution in [0.3, 0.4) is 0 Å². The van der Waals surface area contributed by atoms with Gasteiger partial charge in [0.1, 0.15) is 27.9 Å². The fourth-order valence-corrected chi connectivity index (χ4v) is 7.72. The molecular weight excluding hydrogens is 701 g/mol. The summed E-state index contributed by atoms with van der Waals surface area (Å²) in [5, 5.41) is 0. The molecule has 15 heteroatoms. The van der Waals surface area contributed by atoms with Gasteiger partial charge in [0.05, 0.1) is 38.3 Å². The van der Waals surface area contributed by atoms with Gasteiger partial charge in [-0.2, -0.15) is 4.39 Å². The number of hydrogen-bond acceptors (Lipinski definition) is 8. The van der Waals surface area contributed by atoms with Crippen LogP contribution in [0.4, 0.5) is 23.8 Å². The Bertz CT molecular complexity index is 2350. The molecule has 52 heavy (non-hydrogen) atoms. The summed E-state index contributed by atoms with van der Waals surface area (Å²) < 4.78 is 93.2. The third-order valence-corrected chi connectivity index (χ3v) is 10.6. The molecule has 1 saturated heterocycles. The third-order valence-electron chi connectivity index (χ3n) is 8.87. The summed E-state index contributed by atoms with van der Waals surface area (Å²) in [6, 6.07) is 15.8. The van der Waals surface area contributed by atoms with E-state index in [9.17, 15) is 22.4 Å². The van der Waals surface area contributed by atoms with Gasteiger partial charge in [0.2, 0.25) is 5.95 Å². The zero-order valence-corrected chi connectivity index (χ0v) is 30.1. The molecule has 1 aliphatic heterocycles. The van der Waals surface area contributed by atoms with Gasteiger partial charge >= 0.3 is 11.8 Å². The third kappa shape index (κ3) is 6.84. The monoisotopic (exact) mass is 738 g/mol. The molecule has 1 fully saturated rings. The Kier molecular flexibility index (Phi) is 9.36. The van der Waals surface area contributed by atoms with Gasteiger partial charge in [-0.15, -0.1) is 0 Å². The van der Waals surface area contributed by atoms with Crippen LogP contribution >= 0.6 is 0 Å². The number of benzene rings is 3. The fourth-order valence-electron chi connectivity index (χ4n) is 6.27. The molecule has 274 valence electrons. The number of ether oxygens (including phenoxy) is 2. The van der Waals surface area contributed by atoms with Crippen LogP contribution in [-0.4, -0.2) is 54.8 Å². The molecule has 0 unspecified atom stereocenters. The van der Waals surface area contributed by atoms with Gasteiger partial charge in [0.25, 0.3) is 10.0 Å². The highest BCUT2D eigenvalue weighted by atomic mass is 32.2. The molecule has 2 aromatic heterocycles. The highest BCUT2D eigenvalue weighted by Gasteiger charge is 2.50. The number of fused-ring (bicyclic) bond motifs is 1. The average Bonchev–Trinajstić information content (AvgIpc) is 3.38. The number of rotatable bonds is 9. The quantitative estimate of drug-likeness (QED) is 0.148. The minimum Gasteiger partial charge on any atom is -0.497 e. The number of likely N-dealkylation sites (tertiary alicyclic amines) is 1. The Labute approximate surface area is 298 Å². The SMILES string of the molecule is COc1ccc(CN(c2cccc(F)n2)S(=O)(=O)c2cc3oc(=O)n([C@H](C)c4ccccc4C4(F)CN(C(=O)OC(C)(C)C)C4)c3cc2F)c(C)c1. The summed E-state index contributed by atoms with van der Waals surface area (Å²) in [7, 11) is -3.33. The van der Waals surface area contributed by atoms with E-state index in [0.717, 1.165) is 27.1 Å². The molecule has 1 amide bonds. The molecular formula is C37H37F3N4O7S. The summed E-state index contributed by atoms with van der Waals surface area (Å²) >= 11 is 0. The van der Waals surface area contributed by atoms with E-state index in [-0.39, 0.29) is 42.1 Å². The number of anilines is 1. The number of oxazole rings is 1. The van der Waals surface area contributed by atoms with E-state index in [1.165, 1.54) is 24.1 Å². The number of aryl methyl sites for hydroxylation is 1. The maximum atomic E-state index is 16.3.